The van der Waals surface area contributed by atoms with Crippen molar-refractivity contribution in [2.24, 2.45) is 0 Å². The molecule has 1 unspecified atom stereocenters. The van der Waals surface area contributed by atoms with E-state index < -0.39 is 0 Å². The van der Waals surface area contributed by atoms with Crippen LogP contribution in [0.4, 0.5) is 0 Å². The molecule has 0 saturated carbocycles. The van der Waals surface area contributed by atoms with Crippen molar-refractivity contribution in [2.75, 3.05) is 45.9 Å². The molecule has 2 fully saturated rings. The third-order valence-electron chi connectivity index (χ3n) is 4.54. The Morgan fingerprint density at radius 2 is 1.84 bits per heavy atom. The summed E-state index contributed by atoms with van der Waals surface area (Å²) in [6.45, 7) is 10.6. The third-order valence-corrected chi connectivity index (χ3v) is 4.54. The van der Waals surface area contributed by atoms with Gasteiger partial charge in [0.15, 0.2) is 0 Å². The number of fused-ring (bicyclic) bond motifs is 1. The first-order chi connectivity index (χ1) is 9.40. The normalized spacial score (nSPS) is 26.1. The first-order valence-corrected chi connectivity index (χ1v) is 8.44. The average Bonchev–Trinajstić information content (AvgIpc) is 2.64. The smallest absolute Gasteiger partial charge is 0.0478 e. The zero-order chi connectivity index (χ0) is 13.3. The highest BCUT2D eigenvalue weighted by Gasteiger charge is 2.26. The van der Waals surface area contributed by atoms with E-state index in [1.807, 2.05) is 0 Å². The number of rotatable bonds is 7. The van der Waals surface area contributed by atoms with Gasteiger partial charge in [-0.15, -0.1) is 0 Å². The Labute approximate surface area is 119 Å². The van der Waals surface area contributed by atoms with Gasteiger partial charge in [0.2, 0.25) is 0 Å². The minimum Gasteiger partial charge on any atom is -0.381 e. The number of hydrogen-bond donors (Lipinski definition) is 0. The molecule has 0 aliphatic carbocycles. The van der Waals surface area contributed by atoms with E-state index >= 15 is 0 Å². The summed E-state index contributed by atoms with van der Waals surface area (Å²) in [5.41, 5.74) is 0. The summed E-state index contributed by atoms with van der Waals surface area (Å²) in [6, 6.07) is 0.845. The molecule has 2 rings (SSSR count). The van der Waals surface area contributed by atoms with Gasteiger partial charge in [-0.2, -0.15) is 0 Å². The number of nitrogens with zero attached hydrogens (tertiary/aromatic N) is 2. The van der Waals surface area contributed by atoms with Gasteiger partial charge in [-0.05, 0) is 51.7 Å². The molecule has 0 amide bonds. The van der Waals surface area contributed by atoms with Crippen LogP contribution in [0.25, 0.3) is 0 Å². The van der Waals surface area contributed by atoms with Crippen LogP contribution in [0.3, 0.4) is 0 Å². The van der Waals surface area contributed by atoms with Crippen molar-refractivity contribution in [3.63, 3.8) is 0 Å². The lowest BCUT2D eigenvalue weighted by molar-refractivity contribution is 0.109. The van der Waals surface area contributed by atoms with E-state index in [0.717, 1.165) is 19.3 Å². The third kappa shape index (κ3) is 5.41. The summed E-state index contributed by atoms with van der Waals surface area (Å²) in [4.78, 5) is 5.42. The molecule has 2 aliphatic heterocycles. The molecule has 0 N–H and O–H groups in total. The van der Waals surface area contributed by atoms with Crippen LogP contribution in [-0.4, -0.2) is 61.8 Å². The van der Waals surface area contributed by atoms with E-state index in [1.165, 1.54) is 77.7 Å². The molecular weight excluding hydrogens is 236 g/mol. The van der Waals surface area contributed by atoms with E-state index in [4.69, 9.17) is 4.74 Å². The summed E-state index contributed by atoms with van der Waals surface area (Å²) < 4.78 is 5.67. The van der Waals surface area contributed by atoms with Crippen molar-refractivity contribution in [1.82, 2.24) is 9.80 Å². The Bertz CT molecular complexity index is 235. The van der Waals surface area contributed by atoms with Gasteiger partial charge < -0.3 is 9.64 Å². The molecule has 2 heterocycles. The molecule has 0 aromatic rings. The van der Waals surface area contributed by atoms with Gasteiger partial charge in [0, 0.05) is 32.3 Å². The van der Waals surface area contributed by atoms with Gasteiger partial charge in [0.1, 0.15) is 0 Å². The first-order valence-electron chi connectivity index (χ1n) is 8.44. The first kappa shape index (κ1) is 15.3. The zero-order valence-corrected chi connectivity index (χ0v) is 12.8. The van der Waals surface area contributed by atoms with Crippen LogP contribution in [0.1, 0.15) is 51.9 Å². The van der Waals surface area contributed by atoms with Crippen LogP contribution in [0, 0.1) is 0 Å². The monoisotopic (exact) mass is 268 g/mol. The summed E-state index contributed by atoms with van der Waals surface area (Å²) in [5, 5.41) is 0. The van der Waals surface area contributed by atoms with Crippen molar-refractivity contribution in [1.29, 1.82) is 0 Å². The summed E-state index contributed by atoms with van der Waals surface area (Å²) >= 11 is 0. The Morgan fingerprint density at radius 1 is 1.00 bits per heavy atom. The van der Waals surface area contributed by atoms with Gasteiger partial charge in [0.05, 0.1) is 0 Å². The quantitative estimate of drug-likeness (QED) is 0.660. The lowest BCUT2D eigenvalue weighted by Crippen LogP contribution is -2.44. The lowest BCUT2D eigenvalue weighted by Gasteiger charge is -2.35. The Kier molecular flexibility index (Phi) is 7.18. The van der Waals surface area contributed by atoms with Crippen molar-refractivity contribution < 1.29 is 4.74 Å². The van der Waals surface area contributed by atoms with Gasteiger partial charge in [0.25, 0.3) is 0 Å². The summed E-state index contributed by atoms with van der Waals surface area (Å²) in [7, 11) is 0. The predicted molar refractivity (Wildman–Crippen MR) is 80.6 cm³/mol. The van der Waals surface area contributed by atoms with Crippen molar-refractivity contribution in [3.05, 3.63) is 0 Å². The van der Waals surface area contributed by atoms with Crippen LogP contribution in [-0.2, 0) is 4.74 Å². The second-order valence-electron chi connectivity index (χ2n) is 6.16. The molecular formula is C16H32N2O. The number of ether oxygens (including phenoxy) is 1. The lowest BCUT2D eigenvalue weighted by atomic mass is 10.0. The number of hydrogen-bond acceptors (Lipinski definition) is 3. The number of piperidine rings is 1. The Hall–Kier alpha value is -0.120. The van der Waals surface area contributed by atoms with E-state index in [2.05, 4.69) is 16.7 Å². The van der Waals surface area contributed by atoms with E-state index in [1.54, 1.807) is 0 Å². The summed E-state index contributed by atoms with van der Waals surface area (Å²) in [6.07, 6.45) is 9.29. The standard InChI is InChI=1S/C16H32N2O/c1-2-3-13-19-14-7-10-17-9-6-12-18-11-5-4-8-16(18)15-17/h16H,2-15H2,1H3. The van der Waals surface area contributed by atoms with Gasteiger partial charge in [-0.25, -0.2) is 0 Å². The minimum atomic E-state index is 0.845. The molecule has 3 heteroatoms. The molecule has 2 aliphatic rings. The molecule has 0 aromatic carbocycles. The van der Waals surface area contributed by atoms with Crippen LogP contribution in [0.15, 0.2) is 0 Å². The molecule has 0 spiro atoms. The van der Waals surface area contributed by atoms with Crippen LogP contribution in [0.2, 0.25) is 0 Å². The van der Waals surface area contributed by atoms with E-state index in [0.29, 0.717) is 0 Å². The Balaban J connectivity index is 1.60. The average molecular weight is 268 g/mol. The summed E-state index contributed by atoms with van der Waals surface area (Å²) in [5.74, 6) is 0. The van der Waals surface area contributed by atoms with Crippen LogP contribution < -0.4 is 0 Å². The second kappa shape index (κ2) is 8.93. The molecule has 1 atom stereocenters. The molecule has 3 nitrogen and oxygen atoms in total. The van der Waals surface area contributed by atoms with E-state index in [9.17, 15) is 0 Å². The molecule has 19 heavy (non-hydrogen) atoms. The zero-order valence-electron chi connectivity index (χ0n) is 12.8. The van der Waals surface area contributed by atoms with Crippen LogP contribution >= 0.6 is 0 Å². The molecule has 0 aromatic heterocycles. The van der Waals surface area contributed by atoms with E-state index in [-0.39, 0.29) is 0 Å². The van der Waals surface area contributed by atoms with Crippen molar-refractivity contribution >= 4 is 0 Å². The molecule has 0 bridgehead atoms. The fraction of sp³-hybridized carbons (Fsp3) is 1.00. The maximum Gasteiger partial charge on any atom is 0.0478 e. The van der Waals surface area contributed by atoms with Gasteiger partial charge in [-0.1, -0.05) is 19.8 Å². The Morgan fingerprint density at radius 3 is 2.74 bits per heavy atom. The topological polar surface area (TPSA) is 15.7 Å². The predicted octanol–water partition coefficient (Wildman–Crippen LogP) is 2.75. The van der Waals surface area contributed by atoms with Crippen LogP contribution in [0.5, 0.6) is 0 Å². The maximum absolute atomic E-state index is 5.67. The number of unbranched alkanes of at least 4 members (excludes halogenated alkanes) is 1. The molecule has 2 saturated heterocycles. The molecule has 0 radical (unpaired) electrons. The molecule has 112 valence electrons. The SMILES string of the molecule is CCCCOCCCN1CCCN2CCCCC2C1. The minimum absolute atomic E-state index is 0.845. The highest BCUT2D eigenvalue weighted by molar-refractivity contribution is 4.83. The largest absolute Gasteiger partial charge is 0.381 e. The fourth-order valence-corrected chi connectivity index (χ4v) is 3.39. The highest BCUT2D eigenvalue weighted by atomic mass is 16.5. The van der Waals surface area contributed by atoms with Crippen molar-refractivity contribution in [2.45, 2.75) is 57.9 Å². The second-order valence-corrected chi connectivity index (χ2v) is 6.16. The fourth-order valence-electron chi connectivity index (χ4n) is 3.39. The van der Waals surface area contributed by atoms with Gasteiger partial charge >= 0.3 is 0 Å². The van der Waals surface area contributed by atoms with Gasteiger partial charge in [-0.3, -0.25) is 4.90 Å². The van der Waals surface area contributed by atoms with Crippen molar-refractivity contribution in [3.8, 4) is 0 Å². The highest BCUT2D eigenvalue weighted by Crippen LogP contribution is 2.20. The maximum atomic E-state index is 5.67.